The van der Waals surface area contributed by atoms with E-state index in [0.29, 0.717) is 31.3 Å². The molecule has 1 aromatic heterocycles. The van der Waals surface area contributed by atoms with Gasteiger partial charge in [-0.25, -0.2) is 9.48 Å². The highest BCUT2D eigenvalue weighted by Crippen LogP contribution is 2.19. The summed E-state index contributed by atoms with van der Waals surface area (Å²) in [5.74, 6) is 0.893. The van der Waals surface area contributed by atoms with Crippen LogP contribution in [0.3, 0.4) is 0 Å². The van der Waals surface area contributed by atoms with Gasteiger partial charge in [0.25, 0.3) is 0 Å². The zero-order chi connectivity index (χ0) is 22.4. The maximum atomic E-state index is 13.7. The SMILES string of the molecule is CC(C)COc1ccc(CNC(=O)N(Cc2cc(F)n(C)n2)C2CCN(C)CC2)cc1. The summed E-state index contributed by atoms with van der Waals surface area (Å²) in [6.07, 6.45) is 1.78. The Morgan fingerprint density at radius 2 is 1.94 bits per heavy atom. The van der Waals surface area contributed by atoms with Crippen LogP contribution < -0.4 is 10.1 Å². The lowest BCUT2D eigenvalue weighted by molar-refractivity contribution is 0.126. The zero-order valence-electron chi connectivity index (χ0n) is 19.0. The summed E-state index contributed by atoms with van der Waals surface area (Å²) in [7, 11) is 3.65. The number of ether oxygens (including phenoxy) is 1. The van der Waals surface area contributed by atoms with Gasteiger partial charge in [-0.3, -0.25) is 0 Å². The minimum absolute atomic E-state index is 0.105. The first-order valence-corrected chi connectivity index (χ1v) is 10.9. The third-order valence-corrected chi connectivity index (χ3v) is 5.55. The molecule has 1 fully saturated rings. The number of carbonyl (C=O) groups is 1. The number of likely N-dealkylation sites (tertiary alicyclic amines) is 1. The number of rotatable bonds is 8. The molecule has 31 heavy (non-hydrogen) atoms. The molecule has 8 heteroatoms. The highest BCUT2D eigenvalue weighted by Gasteiger charge is 2.28. The van der Waals surface area contributed by atoms with Crippen molar-refractivity contribution in [2.75, 3.05) is 26.7 Å². The molecule has 7 nitrogen and oxygen atoms in total. The molecule has 1 aliphatic rings. The quantitative estimate of drug-likeness (QED) is 0.696. The number of benzene rings is 1. The number of urea groups is 1. The minimum atomic E-state index is -0.404. The van der Waals surface area contributed by atoms with Crippen molar-refractivity contribution in [2.24, 2.45) is 13.0 Å². The fraction of sp³-hybridized carbons (Fsp3) is 0.565. The van der Waals surface area contributed by atoms with E-state index in [0.717, 1.165) is 37.2 Å². The number of nitrogens with one attached hydrogen (secondary N) is 1. The first-order valence-electron chi connectivity index (χ1n) is 10.9. The van der Waals surface area contributed by atoms with Gasteiger partial charge >= 0.3 is 6.03 Å². The molecule has 0 spiro atoms. The second-order valence-electron chi connectivity index (χ2n) is 8.75. The molecular weight excluding hydrogens is 397 g/mol. The Morgan fingerprint density at radius 3 is 2.52 bits per heavy atom. The number of piperidine rings is 1. The number of hydrogen-bond donors (Lipinski definition) is 1. The van der Waals surface area contributed by atoms with Gasteiger partial charge in [0, 0.05) is 25.7 Å². The molecule has 0 radical (unpaired) electrons. The van der Waals surface area contributed by atoms with Crippen molar-refractivity contribution < 1.29 is 13.9 Å². The van der Waals surface area contributed by atoms with E-state index in [2.05, 4.69) is 36.2 Å². The minimum Gasteiger partial charge on any atom is -0.493 e. The Morgan fingerprint density at radius 1 is 1.26 bits per heavy atom. The predicted octanol–water partition coefficient (Wildman–Crippen LogP) is 3.40. The van der Waals surface area contributed by atoms with Crippen molar-refractivity contribution in [3.05, 3.63) is 47.5 Å². The summed E-state index contributed by atoms with van der Waals surface area (Å²) >= 11 is 0. The largest absolute Gasteiger partial charge is 0.493 e. The number of amides is 2. The summed E-state index contributed by atoms with van der Waals surface area (Å²) in [6.45, 7) is 7.48. The lowest BCUT2D eigenvalue weighted by atomic mass is 10.0. The van der Waals surface area contributed by atoms with Crippen LogP contribution in [0.1, 0.15) is 37.9 Å². The predicted molar refractivity (Wildman–Crippen MR) is 118 cm³/mol. The maximum absolute atomic E-state index is 13.7. The number of aryl methyl sites for hydroxylation is 1. The van der Waals surface area contributed by atoms with E-state index in [1.807, 2.05) is 24.3 Å². The smallest absolute Gasteiger partial charge is 0.318 e. The van der Waals surface area contributed by atoms with Crippen LogP contribution >= 0.6 is 0 Å². The molecule has 2 amide bonds. The van der Waals surface area contributed by atoms with Gasteiger partial charge in [-0.05, 0) is 56.6 Å². The van der Waals surface area contributed by atoms with Crippen LogP contribution in [0, 0.1) is 11.9 Å². The van der Waals surface area contributed by atoms with Gasteiger partial charge in [-0.2, -0.15) is 9.49 Å². The van der Waals surface area contributed by atoms with Crippen molar-refractivity contribution in [3.63, 3.8) is 0 Å². The molecule has 0 saturated carbocycles. The van der Waals surface area contributed by atoms with Crippen LogP contribution in [0.5, 0.6) is 5.75 Å². The van der Waals surface area contributed by atoms with E-state index in [-0.39, 0.29) is 12.1 Å². The lowest BCUT2D eigenvalue weighted by Gasteiger charge is -2.37. The molecule has 1 N–H and O–H groups in total. The van der Waals surface area contributed by atoms with E-state index < -0.39 is 5.95 Å². The van der Waals surface area contributed by atoms with Gasteiger partial charge in [-0.1, -0.05) is 26.0 Å². The summed E-state index contributed by atoms with van der Waals surface area (Å²) in [5, 5.41) is 7.22. The Bertz CT molecular complexity index is 825. The summed E-state index contributed by atoms with van der Waals surface area (Å²) in [6, 6.07) is 9.12. The van der Waals surface area contributed by atoms with Gasteiger partial charge < -0.3 is 19.9 Å². The average Bonchev–Trinajstić information content (AvgIpc) is 3.07. The number of nitrogens with zero attached hydrogens (tertiary/aromatic N) is 4. The lowest BCUT2D eigenvalue weighted by Crippen LogP contribution is -2.49. The molecule has 2 aromatic rings. The van der Waals surface area contributed by atoms with Gasteiger partial charge in [0.05, 0.1) is 18.8 Å². The third kappa shape index (κ3) is 6.69. The number of aromatic nitrogens is 2. The van der Waals surface area contributed by atoms with Crippen molar-refractivity contribution in [3.8, 4) is 5.75 Å². The second kappa shape index (κ2) is 10.6. The summed E-state index contributed by atoms with van der Waals surface area (Å²) in [4.78, 5) is 17.1. The van der Waals surface area contributed by atoms with Crippen molar-refractivity contribution in [1.82, 2.24) is 24.9 Å². The molecule has 2 heterocycles. The number of hydrogen-bond acceptors (Lipinski definition) is 4. The normalized spacial score (nSPS) is 15.3. The third-order valence-electron chi connectivity index (χ3n) is 5.55. The Labute approximate surface area is 184 Å². The van der Waals surface area contributed by atoms with Crippen molar-refractivity contribution >= 4 is 6.03 Å². The molecule has 0 bridgehead atoms. The molecule has 1 aliphatic heterocycles. The first-order chi connectivity index (χ1) is 14.8. The Kier molecular flexibility index (Phi) is 7.90. The Hall–Kier alpha value is -2.61. The molecule has 1 aromatic carbocycles. The summed E-state index contributed by atoms with van der Waals surface area (Å²) < 4.78 is 20.7. The van der Waals surface area contributed by atoms with Crippen LogP contribution in [0.2, 0.25) is 0 Å². The monoisotopic (exact) mass is 431 g/mol. The fourth-order valence-corrected chi connectivity index (χ4v) is 3.67. The zero-order valence-corrected chi connectivity index (χ0v) is 19.0. The Balaban J connectivity index is 1.62. The highest BCUT2D eigenvalue weighted by atomic mass is 19.1. The number of carbonyl (C=O) groups excluding carboxylic acids is 1. The van der Waals surface area contributed by atoms with E-state index >= 15 is 0 Å². The first kappa shape index (κ1) is 23.1. The van der Waals surface area contributed by atoms with E-state index in [1.54, 1.807) is 11.9 Å². The van der Waals surface area contributed by atoms with Crippen LogP contribution in [0.15, 0.2) is 30.3 Å². The topological polar surface area (TPSA) is 62.6 Å². The molecule has 0 unspecified atom stereocenters. The van der Waals surface area contributed by atoms with Crippen molar-refractivity contribution in [2.45, 2.75) is 45.8 Å². The van der Waals surface area contributed by atoms with Gasteiger partial charge in [0.15, 0.2) is 0 Å². The van der Waals surface area contributed by atoms with E-state index in [9.17, 15) is 9.18 Å². The van der Waals surface area contributed by atoms with E-state index in [4.69, 9.17) is 4.74 Å². The van der Waals surface area contributed by atoms with Crippen LogP contribution in [-0.2, 0) is 20.1 Å². The van der Waals surface area contributed by atoms with Gasteiger partial charge in [0.2, 0.25) is 5.95 Å². The van der Waals surface area contributed by atoms with E-state index in [1.165, 1.54) is 10.7 Å². The summed E-state index contributed by atoms with van der Waals surface area (Å²) in [5.41, 5.74) is 1.55. The van der Waals surface area contributed by atoms with Crippen LogP contribution in [0.25, 0.3) is 0 Å². The maximum Gasteiger partial charge on any atom is 0.318 e. The molecule has 0 aliphatic carbocycles. The molecular formula is C23H34FN5O2. The molecule has 0 atom stereocenters. The fourth-order valence-electron chi connectivity index (χ4n) is 3.67. The average molecular weight is 432 g/mol. The van der Waals surface area contributed by atoms with Gasteiger partial charge in [0.1, 0.15) is 5.75 Å². The van der Waals surface area contributed by atoms with Gasteiger partial charge in [-0.15, -0.1) is 0 Å². The highest BCUT2D eigenvalue weighted by molar-refractivity contribution is 5.74. The molecule has 1 saturated heterocycles. The standard InChI is InChI=1S/C23H34FN5O2/c1-17(2)16-31-21-7-5-18(6-8-21)14-25-23(30)29(20-9-11-27(3)12-10-20)15-19-13-22(24)28(4)26-19/h5-8,13,17,20H,9-12,14-16H2,1-4H3,(H,25,30). The van der Waals surface area contributed by atoms with Crippen molar-refractivity contribution in [1.29, 1.82) is 0 Å². The molecule has 3 rings (SSSR count). The molecule has 170 valence electrons. The second-order valence-corrected chi connectivity index (χ2v) is 8.75. The van der Waals surface area contributed by atoms with Crippen LogP contribution in [-0.4, -0.2) is 58.4 Å². The van der Waals surface area contributed by atoms with Crippen LogP contribution in [0.4, 0.5) is 9.18 Å². The number of halogens is 1.